The fourth-order valence-corrected chi connectivity index (χ4v) is 1.37. The van der Waals surface area contributed by atoms with E-state index in [1.165, 1.54) is 0 Å². The van der Waals surface area contributed by atoms with Crippen LogP contribution >= 0.6 is 34.8 Å². The second-order valence-corrected chi connectivity index (χ2v) is 3.18. The van der Waals surface area contributed by atoms with Crippen molar-refractivity contribution in [2.45, 2.75) is 5.88 Å². The molecule has 0 aromatic heterocycles. The molecule has 0 saturated carbocycles. The normalized spacial score (nSPS) is 9.77. The van der Waals surface area contributed by atoms with Crippen LogP contribution in [0.2, 0.25) is 5.02 Å². The molecule has 0 saturated heterocycles. The number of rotatable bonds is 2. The molecule has 1 aromatic carbocycles. The molecule has 1 rings (SSSR count). The molecule has 0 N–H and O–H groups in total. The molecule has 0 atom stereocenters. The maximum atomic E-state index is 10.5. The van der Waals surface area contributed by atoms with E-state index in [9.17, 15) is 4.79 Å². The summed E-state index contributed by atoms with van der Waals surface area (Å²) in [5.74, 6) is 0.430. The van der Waals surface area contributed by atoms with Crippen molar-refractivity contribution >= 4 is 40.2 Å². The number of carbonyl (C=O) groups is 1. The summed E-state index contributed by atoms with van der Waals surface area (Å²) < 4.78 is 4.68. The summed E-state index contributed by atoms with van der Waals surface area (Å²) in [7, 11) is 0. The highest BCUT2D eigenvalue weighted by atomic mass is 35.5. The van der Waals surface area contributed by atoms with Gasteiger partial charge in [0.2, 0.25) is 0 Å². The van der Waals surface area contributed by atoms with Crippen molar-refractivity contribution in [3.8, 4) is 5.75 Å². The van der Waals surface area contributed by atoms with Crippen LogP contribution in [0.1, 0.15) is 5.56 Å². The van der Waals surface area contributed by atoms with Gasteiger partial charge in [0.25, 0.3) is 0 Å². The van der Waals surface area contributed by atoms with E-state index in [0.29, 0.717) is 10.6 Å². The largest absolute Gasteiger partial charge is 0.413 e. The first kappa shape index (κ1) is 10.6. The topological polar surface area (TPSA) is 26.3 Å². The Morgan fingerprint density at radius 2 is 2.15 bits per heavy atom. The Kier molecular flexibility index (Phi) is 3.85. The van der Waals surface area contributed by atoms with E-state index < -0.39 is 5.43 Å². The van der Waals surface area contributed by atoms with Crippen LogP contribution in [0.4, 0.5) is 4.79 Å². The molecule has 5 heteroatoms. The molecule has 0 spiro atoms. The van der Waals surface area contributed by atoms with Crippen molar-refractivity contribution in [3.05, 3.63) is 28.8 Å². The quantitative estimate of drug-likeness (QED) is 0.579. The fourth-order valence-electron chi connectivity index (χ4n) is 0.853. The second kappa shape index (κ2) is 4.70. The zero-order valence-corrected chi connectivity index (χ0v) is 8.66. The number of para-hydroxylation sites is 1. The molecule has 1 aromatic rings. The van der Waals surface area contributed by atoms with Crippen LogP contribution in [-0.4, -0.2) is 5.43 Å². The second-order valence-electron chi connectivity index (χ2n) is 2.20. The van der Waals surface area contributed by atoms with E-state index in [4.69, 9.17) is 34.8 Å². The summed E-state index contributed by atoms with van der Waals surface area (Å²) in [4.78, 5) is 10.5. The molecular formula is C8H5Cl3O2. The molecule has 0 amide bonds. The smallest absolute Gasteiger partial charge is 0.409 e. The molecule has 0 heterocycles. The van der Waals surface area contributed by atoms with Crippen molar-refractivity contribution in [3.63, 3.8) is 0 Å². The van der Waals surface area contributed by atoms with Gasteiger partial charge in [0.05, 0.1) is 10.9 Å². The van der Waals surface area contributed by atoms with Gasteiger partial charge in [0, 0.05) is 17.2 Å². The highest BCUT2D eigenvalue weighted by molar-refractivity contribution is 6.61. The number of halogens is 3. The van der Waals surface area contributed by atoms with Crippen LogP contribution < -0.4 is 4.74 Å². The van der Waals surface area contributed by atoms with Gasteiger partial charge in [0.15, 0.2) is 5.75 Å². The van der Waals surface area contributed by atoms with Crippen LogP contribution in [0.25, 0.3) is 0 Å². The third kappa shape index (κ3) is 2.76. The summed E-state index contributed by atoms with van der Waals surface area (Å²) in [5.41, 5.74) is -0.303. The molecule has 13 heavy (non-hydrogen) atoms. The predicted molar refractivity (Wildman–Crippen MR) is 52.9 cm³/mol. The van der Waals surface area contributed by atoms with E-state index in [0.717, 1.165) is 0 Å². The van der Waals surface area contributed by atoms with Crippen molar-refractivity contribution < 1.29 is 9.53 Å². The van der Waals surface area contributed by atoms with Crippen LogP contribution in [0.15, 0.2) is 18.2 Å². The summed E-state index contributed by atoms with van der Waals surface area (Å²) in [5, 5.41) is 0.312. The van der Waals surface area contributed by atoms with Crippen LogP contribution in [0.5, 0.6) is 5.75 Å². The number of alkyl halides is 1. The van der Waals surface area contributed by atoms with Crippen LogP contribution in [-0.2, 0) is 5.88 Å². The Balaban J connectivity index is 3.07. The van der Waals surface area contributed by atoms with E-state index in [1.807, 2.05) is 0 Å². The SMILES string of the molecule is O=C(Cl)Oc1c(Cl)cccc1CCl. The van der Waals surface area contributed by atoms with E-state index >= 15 is 0 Å². The highest BCUT2D eigenvalue weighted by Crippen LogP contribution is 2.30. The minimum Gasteiger partial charge on any atom is -0.413 e. The molecule has 0 bridgehead atoms. The van der Waals surface area contributed by atoms with Gasteiger partial charge in [-0.3, -0.25) is 0 Å². The average Bonchev–Trinajstić information content (AvgIpc) is 2.08. The number of hydrogen-bond donors (Lipinski definition) is 0. The summed E-state index contributed by atoms with van der Waals surface area (Å²) in [6.07, 6.45) is 0. The number of hydrogen-bond acceptors (Lipinski definition) is 2. The highest BCUT2D eigenvalue weighted by Gasteiger charge is 2.10. The van der Waals surface area contributed by atoms with Gasteiger partial charge >= 0.3 is 5.43 Å². The van der Waals surface area contributed by atoms with E-state index in [-0.39, 0.29) is 11.6 Å². The first-order valence-corrected chi connectivity index (χ1v) is 4.65. The minimum absolute atomic E-state index is 0.208. The average molecular weight is 239 g/mol. The maximum absolute atomic E-state index is 10.5. The lowest BCUT2D eigenvalue weighted by Gasteiger charge is -2.06. The van der Waals surface area contributed by atoms with Gasteiger partial charge in [-0.2, -0.15) is 0 Å². The Morgan fingerprint density at radius 1 is 1.46 bits per heavy atom. The van der Waals surface area contributed by atoms with E-state index in [2.05, 4.69) is 4.74 Å². The van der Waals surface area contributed by atoms with Gasteiger partial charge in [0.1, 0.15) is 0 Å². The molecule has 0 unspecified atom stereocenters. The summed E-state index contributed by atoms with van der Waals surface area (Å²) in [6, 6.07) is 5.01. The molecule has 70 valence electrons. The molecule has 0 aliphatic carbocycles. The Morgan fingerprint density at radius 3 is 2.69 bits per heavy atom. The third-order valence-electron chi connectivity index (χ3n) is 1.37. The minimum atomic E-state index is -0.931. The summed E-state index contributed by atoms with van der Waals surface area (Å²) in [6.45, 7) is 0. The monoisotopic (exact) mass is 238 g/mol. The standard InChI is InChI=1S/C8H5Cl3O2/c9-4-5-2-1-3-6(10)7(5)13-8(11)12/h1-3H,4H2. The van der Waals surface area contributed by atoms with Crippen molar-refractivity contribution in [1.29, 1.82) is 0 Å². The summed E-state index contributed by atoms with van der Waals surface area (Å²) >= 11 is 16.4. The molecule has 0 aliphatic heterocycles. The van der Waals surface area contributed by atoms with Crippen LogP contribution in [0, 0.1) is 0 Å². The number of benzene rings is 1. The zero-order valence-electron chi connectivity index (χ0n) is 6.39. The Hall–Kier alpha value is -0.440. The number of carbonyl (C=O) groups excluding carboxylic acids is 1. The predicted octanol–water partition coefficient (Wildman–Crippen LogP) is 3.82. The fraction of sp³-hybridized carbons (Fsp3) is 0.125. The van der Waals surface area contributed by atoms with Crippen LogP contribution in [0.3, 0.4) is 0 Å². The zero-order chi connectivity index (χ0) is 9.84. The molecular weight excluding hydrogens is 234 g/mol. The lowest BCUT2D eigenvalue weighted by Crippen LogP contribution is -1.99. The lowest BCUT2D eigenvalue weighted by atomic mass is 10.2. The maximum Gasteiger partial charge on any atom is 0.409 e. The lowest BCUT2D eigenvalue weighted by molar-refractivity contribution is 0.225. The Labute approximate surface area is 90.3 Å². The van der Waals surface area contributed by atoms with Gasteiger partial charge in [-0.05, 0) is 6.07 Å². The third-order valence-corrected chi connectivity index (χ3v) is 2.04. The van der Waals surface area contributed by atoms with Crippen molar-refractivity contribution in [1.82, 2.24) is 0 Å². The molecule has 2 nitrogen and oxygen atoms in total. The van der Waals surface area contributed by atoms with E-state index in [1.54, 1.807) is 18.2 Å². The first-order chi connectivity index (χ1) is 6.15. The van der Waals surface area contributed by atoms with Crippen molar-refractivity contribution in [2.24, 2.45) is 0 Å². The number of ether oxygens (including phenoxy) is 1. The molecule has 0 aliphatic rings. The van der Waals surface area contributed by atoms with Crippen molar-refractivity contribution in [2.75, 3.05) is 0 Å². The van der Waals surface area contributed by atoms with Gasteiger partial charge in [-0.1, -0.05) is 23.7 Å². The molecule has 0 radical (unpaired) electrons. The molecule has 0 fully saturated rings. The van der Waals surface area contributed by atoms with Gasteiger partial charge < -0.3 is 4.74 Å². The van der Waals surface area contributed by atoms with Gasteiger partial charge in [-0.25, -0.2) is 4.79 Å². The van der Waals surface area contributed by atoms with Gasteiger partial charge in [-0.15, -0.1) is 11.6 Å². The first-order valence-electron chi connectivity index (χ1n) is 3.36. The Bertz CT molecular complexity index is 325.